The van der Waals surface area contributed by atoms with Crippen molar-refractivity contribution in [3.63, 3.8) is 0 Å². The molecule has 0 saturated heterocycles. The van der Waals surface area contributed by atoms with Crippen molar-refractivity contribution in [3.05, 3.63) is 28.8 Å². The van der Waals surface area contributed by atoms with Gasteiger partial charge in [0.05, 0.1) is 12.0 Å². The lowest BCUT2D eigenvalue weighted by atomic mass is 10.1. The maximum Gasteiger partial charge on any atom is 0.339 e. The highest BCUT2D eigenvalue weighted by Crippen LogP contribution is 2.24. The molecule has 0 aromatic heterocycles. The summed E-state index contributed by atoms with van der Waals surface area (Å²) in [5.74, 6) is -0.883. The summed E-state index contributed by atoms with van der Waals surface area (Å²) in [4.78, 5) is 11.1. The molecular weight excluding hydrogens is 268 g/mol. The van der Waals surface area contributed by atoms with Gasteiger partial charge in [0.25, 0.3) is 0 Å². The van der Waals surface area contributed by atoms with Gasteiger partial charge >= 0.3 is 5.97 Å². The fourth-order valence-corrected chi connectivity index (χ4v) is 2.20. The fraction of sp³-hybridized carbons (Fsp3) is 0.300. The Morgan fingerprint density at radius 2 is 2.00 bits per heavy atom. The van der Waals surface area contributed by atoms with Crippen molar-refractivity contribution in [1.82, 2.24) is 0 Å². The van der Waals surface area contributed by atoms with Gasteiger partial charge in [-0.25, -0.2) is 13.2 Å². The number of benzene rings is 1. The van der Waals surface area contributed by atoms with Crippen LogP contribution in [0.3, 0.4) is 0 Å². The fourth-order valence-electron chi connectivity index (χ4n) is 1.20. The van der Waals surface area contributed by atoms with Gasteiger partial charge in [-0.2, -0.15) is 0 Å². The van der Waals surface area contributed by atoms with E-state index in [1.807, 2.05) is 0 Å². The number of aliphatic hydroxyl groups excluding tert-OH is 1. The largest absolute Gasteiger partial charge is 0.467 e. The van der Waals surface area contributed by atoms with Crippen LogP contribution in [-0.2, 0) is 19.4 Å². The number of methoxy groups -OCH3 is 1. The van der Waals surface area contributed by atoms with Crippen LogP contribution in [0.2, 0.25) is 5.02 Å². The highest BCUT2D eigenvalue weighted by Gasteiger charge is 2.20. The van der Waals surface area contributed by atoms with Crippen LogP contribution >= 0.6 is 11.6 Å². The van der Waals surface area contributed by atoms with Gasteiger partial charge in [-0.15, -0.1) is 0 Å². The van der Waals surface area contributed by atoms with Crippen LogP contribution in [0, 0.1) is 0 Å². The molecule has 5 nitrogen and oxygen atoms in total. The second-order valence-electron chi connectivity index (χ2n) is 3.42. The van der Waals surface area contributed by atoms with Crippen molar-refractivity contribution in [1.29, 1.82) is 0 Å². The molecule has 0 heterocycles. The summed E-state index contributed by atoms with van der Waals surface area (Å²) in [6.45, 7) is 0. The highest BCUT2D eigenvalue weighted by molar-refractivity contribution is 7.90. The number of sulfone groups is 1. The first-order valence-electron chi connectivity index (χ1n) is 4.52. The van der Waals surface area contributed by atoms with Crippen LogP contribution in [0.25, 0.3) is 0 Å². The molecule has 0 bridgehead atoms. The van der Waals surface area contributed by atoms with Crippen LogP contribution in [0.15, 0.2) is 23.1 Å². The Kier molecular flexibility index (Phi) is 4.13. The summed E-state index contributed by atoms with van der Waals surface area (Å²) < 4.78 is 27.0. The van der Waals surface area contributed by atoms with Crippen molar-refractivity contribution in [2.24, 2.45) is 0 Å². The van der Waals surface area contributed by atoms with Crippen molar-refractivity contribution in [2.75, 3.05) is 13.4 Å². The van der Waals surface area contributed by atoms with Gasteiger partial charge in [0.2, 0.25) is 0 Å². The smallest absolute Gasteiger partial charge is 0.339 e. The quantitative estimate of drug-likeness (QED) is 0.833. The highest BCUT2D eigenvalue weighted by atomic mass is 35.5. The maximum absolute atomic E-state index is 11.3. The molecule has 1 aromatic rings. The van der Waals surface area contributed by atoms with Crippen LogP contribution in [0.1, 0.15) is 11.7 Å². The molecule has 1 unspecified atom stereocenters. The predicted octanol–water partition coefficient (Wildman–Crippen LogP) is 0.950. The molecule has 7 heteroatoms. The molecule has 0 aliphatic rings. The molecule has 0 spiro atoms. The third kappa shape index (κ3) is 3.42. The summed E-state index contributed by atoms with van der Waals surface area (Å²) in [5, 5.41) is 9.69. The van der Waals surface area contributed by atoms with E-state index in [9.17, 15) is 18.3 Å². The van der Waals surface area contributed by atoms with E-state index in [1.54, 1.807) is 0 Å². The lowest BCUT2D eigenvalue weighted by Gasteiger charge is -2.10. The minimum atomic E-state index is -3.46. The average molecular weight is 279 g/mol. The number of esters is 1. The number of rotatable bonds is 3. The Hall–Kier alpha value is -1.11. The van der Waals surface area contributed by atoms with Gasteiger partial charge in [-0.05, 0) is 23.8 Å². The van der Waals surface area contributed by atoms with Crippen LogP contribution in [0.4, 0.5) is 0 Å². The number of hydrogen-bond donors (Lipinski definition) is 1. The number of hydrogen-bond acceptors (Lipinski definition) is 5. The minimum absolute atomic E-state index is 0.0667. The van der Waals surface area contributed by atoms with Gasteiger partial charge in [-0.3, -0.25) is 0 Å². The zero-order valence-corrected chi connectivity index (χ0v) is 10.7. The predicted molar refractivity (Wildman–Crippen MR) is 61.5 cm³/mol. The summed E-state index contributed by atoms with van der Waals surface area (Å²) in [6, 6.07) is 3.73. The molecule has 94 valence electrons. The molecule has 17 heavy (non-hydrogen) atoms. The van der Waals surface area contributed by atoms with Crippen LogP contribution < -0.4 is 0 Å². The van der Waals surface area contributed by atoms with E-state index < -0.39 is 21.9 Å². The normalized spacial score (nSPS) is 13.2. The summed E-state index contributed by atoms with van der Waals surface area (Å²) in [7, 11) is -2.34. The maximum atomic E-state index is 11.3. The summed E-state index contributed by atoms with van der Waals surface area (Å²) >= 11 is 5.72. The molecule has 1 aromatic carbocycles. The first-order chi connectivity index (χ1) is 7.75. The first-order valence-corrected chi connectivity index (χ1v) is 6.79. The molecule has 0 radical (unpaired) electrons. The Balaban J connectivity index is 3.28. The van der Waals surface area contributed by atoms with E-state index >= 15 is 0 Å². The Labute approximate surface area is 104 Å². The van der Waals surface area contributed by atoms with Gasteiger partial charge in [-0.1, -0.05) is 11.6 Å². The molecule has 0 aliphatic heterocycles. The lowest BCUT2D eigenvalue weighted by molar-refractivity contribution is -0.150. The lowest BCUT2D eigenvalue weighted by Crippen LogP contribution is -2.14. The summed E-state index contributed by atoms with van der Waals surface area (Å²) in [5.41, 5.74) is 0.0739. The number of carbonyl (C=O) groups is 1. The SMILES string of the molecule is COC(=O)C(O)c1cc(Cl)cc(S(C)(=O)=O)c1. The third-order valence-electron chi connectivity index (χ3n) is 2.06. The molecule has 0 saturated carbocycles. The van der Waals surface area contributed by atoms with Crippen LogP contribution in [0.5, 0.6) is 0 Å². The third-order valence-corrected chi connectivity index (χ3v) is 3.37. The molecular formula is C10H11ClO5S. The van der Waals surface area contributed by atoms with Crippen molar-refractivity contribution in [3.8, 4) is 0 Å². The molecule has 0 amide bonds. The van der Waals surface area contributed by atoms with Crippen molar-refractivity contribution < 1.29 is 23.1 Å². The molecule has 0 fully saturated rings. The minimum Gasteiger partial charge on any atom is -0.467 e. The number of aliphatic hydroxyl groups is 1. The number of halogens is 1. The Morgan fingerprint density at radius 3 is 2.47 bits per heavy atom. The van der Waals surface area contributed by atoms with Gasteiger partial charge in [0.1, 0.15) is 0 Å². The van der Waals surface area contributed by atoms with Crippen LogP contribution in [-0.4, -0.2) is 32.9 Å². The second kappa shape index (κ2) is 5.03. The van der Waals surface area contributed by atoms with E-state index in [1.165, 1.54) is 18.2 Å². The first kappa shape index (κ1) is 14.0. The van der Waals surface area contributed by atoms with E-state index in [2.05, 4.69) is 4.74 Å². The van der Waals surface area contributed by atoms with E-state index in [-0.39, 0.29) is 15.5 Å². The zero-order chi connectivity index (χ0) is 13.2. The summed E-state index contributed by atoms with van der Waals surface area (Å²) in [6.07, 6.45) is -0.549. The van der Waals surface area contributed by atoms with E-state index in [4.69, 9.17) is 11.6 Å². The van der Waals surface area contributed by atoms with Gasteiger partial charge in [0, 0.05) is 11.3 Å². The topological polar surface area (TPSA) is 80.7 Å². The standard InChI is InChI=1S/C10H11ClO5S/c1-16-10(13)9(12)6-3-7(11)5-8(4-6)17(2,14)15/h3-5,9,12H,1-2H3. The Bertz CT molecular complexity index is 538. The van der Waals surface area contributed by atoms with E-state index in [0.717, 1.165) is 13.4 Å². The van der Waals surface area contributed by atoms with Crippen molar-refractivity contribution in [2.45, 2.75) is 11.0 Å². The van der Waals surface area contributed by atoms with Gasteiger partial charge in [0.15, 0.2) is 15.9 Å². The molecule has 0 aliphatic carbocycles. The van der Waals surface area contributed by atoms with Gasteiger partial charge < -0.3 is 9.84 Å². The Morgan fingerprint density at radius 1 is 1.41 bits per heavy atom. The second-order valence-corrected chi connectivity index (χ2v) is 5.87. The number of carbonyl (C=O) groups excluding carboxylic acids is 1. The number of ether oxygens (including phenoxy) is 1. The average Bonchev–Trinajstić information content (AvgIpc) is 2.25. The van der Waals surface area contributed by atoms with E-state index in [0.29, 0.717) is 0 Å². The molecule has 1 N–H and O–H groups in total. The van der Waals surface area contributed by atoms with Crippen molar-refractivity contribution >= 4 is 27.4 Å². The molecule has 1 atom stereocenters. The molecule has 1 rings (SSSR count). The zero-order valence-electron chi connectivity index (χ0n) is 9.18. The monoisotopic (exact) mass is 278 g/mol.